The first-order valence-electron chi connectivity index (χ1n) is 7.48. The lowest BCUT2D eigenvalue weighted by atomic mass is 10.1. The molecule has 5 nitrogen and oxygen atoms in total. The average Bonchev–Trinajstić information content (AvgIpc) is 3.03. The first-order valence-corrected chi connectivity index (χ1v) is 7.86. The Balaban J connectivity index is 1.46. The van der Waals surface area contributed by atoms with Gasteiger partial charge in [0.1, 0.15) is 6.26 Å². The molecule has 1 aliphatic heterocycles. The zero-order chi connectivity index (χ0) is 15.4. The third-order valence-corrected chi connectivity index (χ3v) is 4.28. The van der Waals surface area contributed by atoms with E-state index >= 15 is 0 Å². The monoisotopic (exact) mass is 321 g/mol. The lowest BCUT2D eigenvalue weighted by molar-refractivity contribution is 0.0693. The van der Waals surface area contributed by atoms with Gasteiger partial charge in [0.25, 0.3) is 0 Å². The summed E-state index contributed by atoms with van der Waals surface area (Å²) in [5, 5.41) is 15.0. The molecule has 0 aliphatic carbocycles. The first-order chi connectivity index (χ1) is 10.7. The summed E-state index contributed by atoms with van der Waals surface area (Å²) in [7, 11) is 0. The van der Waals surface area contributed by atoms with Gasteiger partial charge in [-0.25, -0.2) is 0 Å². The van der Waals surface area contributed by atoms with Crippen LogP contribution in [-0.2, 0) is 6.54 Å². The zero-order valence-corrected chi connectivity index (χ0v) is 13.1. The van der Waals surface area contributed by atoms with Gasteiger partial charge in [-0.15, -0.1) is 0 Å². The molecule has 0 saturated carbocycles. The van der Waals surface area contributed by atoms with Gasteiger partial charge in [0.15, 0.2) is 0 Å². The molecular weight excluding hydrogens is 302 g/mol. The number of benzene rings is 1. The number of hydrogen-bond acceptors (Lipinski definition) is 5. The fraction of sp³-hybridized carbons (Fsp3) is 0.438. The maximum atomic E-state index is 10.3. The van der Waals surface area contributed by atoms with Crippen molar-refractivity contribution in [3.63, 3.8) is 0 Å². The second-order valence-electron chi connectivity index (χ2n) is 5.63. The normalized spacial score (nSPS) is 18.5. The molecule has 22 heavy (non-hydrogen) atoms. The van der Waals surface area contributed by atoms with Crippen LogP contribution in [0.2, 0.25) is 5.02 Å². The smallest absolute Gasteiger partial charge is 0.124 e. The van der Waals surface area contributed by atoms with E-state index in [1.54, 1.807) is 6.26 Å². The van der Waals surface area contributed by atoms with Crippen molar-refractivity contribution in [2.24, 2.45) is 0 Å². The van der Waals surface area contributed by atoms with E-state index in [0.29, 0.717) is 11.6 Å². The lowest BCUT2D eigenvalue weighted by Crippen LogP contribution is -2.47. The van der Waals surface area contributed by atoms with Crippen molar-refractivity contribution in [3.05, 3.63) is 52.9 Å². The van der Waals surface area contributed by atoms with Crippen molar-refractivity contribution >= 4 is 11.6 Å². The quantitative estimate of drug-likeness (QED) is 0.915. The van der Waals surface area contributed by atoms with Crippen LogP contribution < -0.4 is 0 Å². The van der Waals surface area contributed by atoms with E-state index in [2.05, 4.69) is 15.0 Å². The molecule has 0 bridgehead atoms. The fourth-order valence-corrected chi connectivity index (χ4v) is 2.84. The van der Waals surface area contributed by atoms with Crippen molar-refractivity contribution in [1.82, 2.24) is 15.0 Å². The van der Waals surface area contributed by atoms with Crippen molar-refractivity contribution < 1.29 is 9.63 Å². The lowest BCUT2D eigenvalue weighted by Gasteiger charge is -2.35. The highest BCUT2D eigenvalue weighted by molar-refractivity contribution is 6.30. The van der Waals surface area contributed by atoms with Crippen LogP contribution in [0.3, 0.4) is 0 Å². The third-order valence-electron chi connectivity index (χ3n) is 4.03. The molecule has 2 aromatic rings. The Labute approximate surface area is 135 Å². The van der Waals surface area contributed by atoms with Crippen LogP contribution in [0.25, 0.3) is 0 Å². The average molecular weight is 322 g/mol. The van der Waals surface area contributed by atoms with E-state index in [-0.39, 0.29) is 0 Å². The van der Waals surface area contributed by atoms with E-state index in [9.17, 15) is 5.11 Å². The number of halogens is 1. The molecule has 2 heterocycles. The van der Waals surface area contributed by atoms with E-state index in [1.807, 2.05) is 30.3 Å². The van der Waals surface area contributed by atoms with Crippen LogP contribution >= 0.6 is 11.6 Å². The van der Waals surface area contributed by atoms with E-state index < -0.39 is 6.10 Å². The Bertz CT molecular complexity index is 566. The minimum absolute atomic E-state index is 0.473. The van der Waals surface area contributed by atoms with Gasteiger partial charge in [-0.3, -0.25) is 9.80 Å². The number of nitrogens with zero attached hydrogens (tertiary/aromatic N) is 3. The first kappa shape index (κ1) is 15.5. The molecule has 1 fully saturated rings. The second kappa shape index (κ2) is 7.24. The molecule has 6 heteroatoms. The highest BCUT2D eigenvalue weighted by atomic mass is 35.5. The second-order valence-corrected chi connectivity index (χ2v) is 6.07. The summed E-state index contributed by atoms with van der Waals surface area (Å²) in [4.78, 5) is 4.64. The van der Waals surface area contributed by atoms with Crippen molar-refractivity contribution in [1.29, 1.82) is 0 Å². The Morgan fingerprint density at radius 2 is 1.77 bits per heavy atom. The van der Waals surface area contributed by atoms with Gasteiger partial charge in [0, 0.05) is 50.4 Å². The Morgan fingerprint density at radius 1 is 1.09 bits per heavy atom. The maximum absolute atomic E-state index is 10.3. The minimum Gasteiger partial charge on any atom is -0.387 e. The van der Waals surface area contributed by atoms with Crippen LogP contribution in [0.4, 0.5) is 0 Å². The molecule has 0 spiro atoms. The maximum Gasteiger partial charge on any atom is 0.124 e. The predicted molar refractivity (Wildman–Crippen MR) is 84.6 cm³/mol. The molecule has 3 rings (SSSR count). The SMILES string of the molecule is OC(CN1CCN(Cc2ccon2)CC1)c1ccc(Cl)cc1. The summed E-state index contributed by atoms with van der Waals surface area (Å²) in [6.45, 7) is 5.31. The highest BCUT2D eigenvalue weighted by Gasteiger charge is 2.20. The Morgan fingerprint density at radius 3 is 2.41 bits per heavy atom. The summed E-state index contributed by atoms with van der Waals surface area (Å²) in [6.07, 6.45) is 1.13. The number of aromatic nitrogens is 1. The fourth-order valence-electron chi connectivity index (χ4n) is 2.71. The standard InChI is InChI=1S/C16H20ClN3O2/c17-14-3-1-13(2-4-14)16(21)12-20-8-6-19(7-9-20)11-15-5-10-22-18-15/h1-5,10,16,21H,6-9,11-12H2. The molecule has 1 N–H and O–H groups in total. The molecule has 1 aliphatic rings. The molecular formula is C16H20ClN3O2. The zero-order valence-electron chi connectivity index (χ0n) is 12.4. The minimum atomic E-state index is -0.473. The molecule has 0 radical (unpaired) electrons. The largest absolute Gasteiger partial charge is 0.387 e. The van der Waals surface area contributed by atoms with E-state index in [4.69, 9.17) is 16.1 Å². The van der Waals surface area contributed by atoms with Gasteiger partial charge >= 0.3 is 0 Å². The highest BCUT2D eigenvalue weighted by Crippen LogP contribution is 2.18. The molecule has 1 atom stereocenters. The van der Waals surface area contributed by atoms with E-state index in [0.717, 1.165) is 44.0 Å². The number of rotatable bonds is 5. The molecule has 1 aromatic heterocycles. The summed E-state index contributed by atoms with van der Waals surface area (Å²) >= 11 is 5.87. The van der Waals surface area contributed by atoms with Gasteiger partial charge in [-0.2, -0.15) is 0 Å². The van der Waals surface area contributed by atoms with Gasteiger partial charge in [-0.1, -0.05) is 28.9 Å². The Kier molecular flexibility index (Phi) is 5.10. The summed E-state index contributed by atoms with van der Waals surface area (Å²) in [5.74, 6) is 0. The van der Waals surface area contributed by atoms with Crippen LogP contribution in [0.1, 0.15) is 17.4 Å². The van der Waals surface area contributed by atoms with E-state index in [1.165, 1.54) is 0 Å². The van der Waals surface area contributed by atoms with Crippen LogP contribution in [0.5, 0.6) is 0 Å². The number of aliphatic hydroxyl groups is 1. The van der Waals surface area contributed by atoms with Crippen molar-refractivity contribution in [2.45, 2.75) is 12.6 Å². The number of piperazine rings is 1. The van der Waals surface area contributed by atoms with Crippen molar-refractivity contribution in [2.75, 3.05) is 32.7 Å². The van der Waals surface area contributed by atoms with Gasteiger partial charge in [-0.05, 0) is 17.7 Å². The topological polar surface area (TPSA) is 52.7 Å². The molecule has 0 amide bonds. The molecule has 1 unspecified atom stereocenters. The van der Waals surface area contributed by atoms with Crippen molar-refractivity contribution in [3.8, 4) is 0 Å². The number of aliphatic hydroxyl groups excluding tert-OH is 1. The summed E-state index contributed by atoms with van der Waals surface area (Å²) in [6, 6.07) is 9.30. The van der Waals surface area contributed by atoms with Crippen LogP contribution in [0, 0.1) is 0 Å². The third kappa shape index (κ3) is 4.08. The number of β-amino-alcohol motifs (C(OH)–C–C–N with tert-alkyl or cyclic N) is 1. The summed E-state index contributed by atoms with van der Waals surface area (Å²) < 4.78 is 4.86. The Hall–Kier alpha value is -1.40. The van der Waals surface area contributed by atoms with Crippen LogP contribution in [0.15, 0.2) is 41.1 Å². The number of hydrogen-bond donors (Lipinski definition) is 1. The molecule has 118 valence electrons. The van der Waals surface area contributed by atoms with Gasteiger partial charge in [0.05, 0.1) is 11.8 Å². The molecule has 1 saturated heterocycles. The predicted octanol–water partition coefficient (Wildman–Crippen LogP) is 2.18. The molecule has 1 aromatic carbocycles. The summed E-state index contributed by atoms with van der Waals surface area (Å²) in [5.41, 5.74) is 1.88. The van der Waals surface area contributed by atoms with Crippen LogP contribution in [-0.4, -0.2) is 52.8 Å². The van der Waals surface area contributed by atoms with Gasteiger partial charge < -0.3 is 9.63 Å². The van der Waals surface area contributed by atoms with Gasteiger partial charge in [0.2, 0.25) is 0 Å².